The van der Waals surface area contributed by atoms with Crippen LogP contribution in [0, 0.1) is 12.8 Å². The lowest BCUT2D eigenvalue weighted by Crippen LogP contribution is -2.45. The van der Waals surface area contributed by atoms with Crippen molar-refractivity contribution in [1.29, 1.82) is 0 Å². The number of rotatable bonds is 6. The molecule has 1 heterocycles. The second kappa shape index (κ2) is 8.65. The molecule has 144 valence electrons. The molecular weight excluding hydrogens is 352 g/mol. The molecule has 1 N–H and O–H groups in total. The van der Waals surface area contributed by atoms with E-state index in [1.807, 2.05) is 63.2 Å². The van der Waals surface area contributed by atoms with Gasteiger partial charge in [0.15, 0.2) is 0 Å². The van der Waals surface area contributed by atoms with Crippen LogP contribution in [-0.4, -0.2) is 22.9 Å². The quantitative estimate of drug-likeness (QED) is 0.659. The van der Waals surface area contributed by atoms with Gasteiger partial charge in [-0.15, -0.1) is 0 Å². The first-order chi connectivity index (χ1) is 13.5. The zero-order valence-corrected chi connectivity index (χ0v) is 16.3. The third-order valence-corrected chi connectivity index (χ3v) is 4.68. The maximum atomic E-state index is 12.7. The lowest BCUT2D eigenvalue weighted by atomic mass is 10.0. The van der Waals surface area contributed by atoms with Gasteiger partial charge in [-0.2, -0.15) is 0 Å². The van der Waals surface area contributed by atoms with Crippen LogP contribution in [0.3, 0.4) is 0 Å². The van der Waals surface area contributed by atoms with Crippen LogP contribution < -0.4 is 5.32 Å². The zero-order valence-electron chi connectivity index (χ0n) is 16.3. The van der Waals surface area contributed by atoms with E-state index in [0.717, 1.165) is 22.0 Å². The molecule has 0 aliphatic carbocycles. The molecule has 1 amide bonds. The third-order valence-electron chi connectivity index (χ3n) is 4.68. The van der Waals surface area contributed by atoms with Crippen LogP contribution in [-0.2, 0) is 16.1 Å². The van der Waals surface area contributed by atoms with Crippen LogP contribution >= 0.6 is 0 Å². The van der Waals surface area contributed by atoms with E-state index >= 15 is 0 Å². The first-order valence-electron chi connectivity index (χ1n) is 9.33. The summed E-state index contributed by atoms with van der Waals surface area (Å²) in [5, 5.41) is 3.81. The normalized spacial score (nSPS) is 12.0. The summed E-state index contributed by atoms with van der Waals surface area (Å²) in [5.41, 5.74) is 3.05. The van der Waals surface area contributed by atoms with Gasteiger partial charge < -0.3 is 10.1 Å². The highest BCUT2D eigenvalue weighted by Crippen LogP contribution is 2.17. The van der Waals surface area contributed by atoms with E-state index < -0.39 is 12.0 Å². The first-order valence-corrected chi connectivity index (χ1v) is 9.33. The number of nitrogens with one attached hydrogen (secondary N) is 1. The summed E-state index contributed by atoms with van der Waals surface area (Å²) < 4.78 is 5.53. The van der Waals surface area contributed by atoms with E-state index in [1.165, 1.54) is 0 Å². The Morgan fingerprint density at radius 2 is 1.79 bits per heavy atom. The fourth-order valence-corrected chi connectivity index (χ4v) is 3.07. The molecule has 28 heavy (non-hydrogen) atoms. The predicted molar refractivity (Wildman–Crippen MR) is 109 cm³/mol. The molecule has 0 fully saturated rings. The Bertz CT molecular complexity index is 993. The van der Waals surface area contributed by atoms with Gasteiger partial charge >= 0.3 is 5.97 Å². The highest BCUT2D eigenvalue weighted by atomic mass is 16.5. The number of nitrogens with zero attached hydrogens (tertiary/aromatic N) is 1. The van der Waals surface area contributed by atoms with Gasteiger partial charge in [-0.3, -0.25) is 9.78 Å². The van der Waals surface area contributed by atoms with Crippen LogP contribution in [0.25, 0.3) is 10.9 Å². The van der Waals surface area contributed by atoms with Crippen molar-refractivity contribution in [3.63, 3.8) is 0 Å². The highest BCUT2D eigenvalue weighted by molar-refractivity contribution is 5.98. The van der Waals surface area contributed by atoms with Crippen LogP contribution in [0.4, 0.5) is 0 Å². The number of benzene rings is 2. The molecule has 2 aromatic carbocycles. The summed E-state index contributed by atoms with van der Waals surface area (Å²) in [6, 6.07) is 16.2. The van der Waals surface area contributed by atoms with Crippen LogP contribution in [0.5, 0.6) is 0 Å². The molecule has 0 aliphatic rings. The molecule has 0 radical (unpaired) electrons. The van der Waals surface area contributed by atoms with E-state index in [0.29, 0.717) is 5.56 Å². The zero-order chi connectivity index (χ0) is 20.1. The molecule has 0 spiro atoms. The molecule has 0 unspecified atom stereocenters. The SMILES string of the molecule is Cc1ccccc1C(=O)N[C@H](C(=O)OCc1cccc2cccnc12)C(C)C. The van der Waals surface area contributed by atoms with E-state index in [-0.39, 0.29) is 18.4 Å². The van der Waals surface area contributed by atoms with Gasteiger partial charge in [0.2, 0.25) is 0 Å². The van der Waals surface area contributed by atoms with Crippen molar-refractivity contribution in [2.24, 2.45) is 5.92 Å². The Morgan fingerprint density at radius 3 is 2.54 bits per heavy atom. The number of para-hydroxylation sites is 1. The van der Waals surface area contributed by atoms with Crippen molar-refractivity contribution in [3.05, 3.63) is 77.5 Å². The number of pyridine rings is 1. The lowest BCUT2D eigenvalue weighted by Gasteiger charge is -2.21. The largest absolute Gasteiger partial charge is 0.459 e. The molecule has 0 aliphatic heterocycles. The molecule has 0 bridgehead atoms. The molecule has 0 saturated heterocycles. The number of ether oxygens (including phenoxy) is 1. The topological polar surface area (TPSA) is 68.3 Å². The number of carbonyl (C=O) groups excluding carboxylic acids is 2. The molecule has 5 nitrogen and oxygen atoms in total. The maximum Gasteiger partial charge on any atom is 0.329 e. The molecule has 1 atom stereocenters. The van der Waals surface area contributed by atoms with Crippen molar-refractivity contribution in [2.45, 2.75) is 33.4 Å². The van der Waals surface area contributed by atoms with Gasteiger partial charge in [-0.05, 0) is 30.5 Å². The van der Waals surface area contributed by atoms with E-state index in [1.54, 1.807) is 18.3 Å². The van der Waals surface area contributed by atoms with Gasteiger partial charge in [-0.1, -0.05) is 56.3 Å². The summed E-state index contributed by atoms with van der Waals surface area (Å²) in [4.78, 5) is 29.7. The number of fused-ring (bicyclic) bond motifs is 1. The Morgan fingerprint density at radius 1 is 1.04 bits per heavy atom. The van der Waals surface area contributed by atoms with Crippen molar-refractivity contribution >= 4 is 22.8 Å². The number of carbonyl (C=O) groups is 2. The van der Waals surface area contributed by atoms with Gasteiger partial charge in [-0.25, -0.2) is 4.79 Å². The average Bonchev–Trinajstić information content (AvgIpc) is 2.70. The van der Waals surface area contributed by atoms with Gasteiger partial charge in [0.25, 0.3) is 5.91 Å². The minimum Gasteiger partial charge on any atom is -0.459 e. The number of hydrogen-bond acceptors (Lipinski definition) is 4. The number of hydrogen-bond donors (Lipinski definition) is 1. The minimum absolute atomic E-state index is 0.105. The fraction of sp³-hybridized carbons (Fsp3) is 0.261. The predicted octanol–water partition coefficient (Wildman–Crippen LogP) is 4.04. The van der Waals surface area contributed by atoms with E-state index in [2.05, 4.69) is 10.3 Å². The summed E-state index contributed by atoms with van der Waals surface area (Å²) in [5.74, 6) is -0.837. The average molecular weight is 376 g/mol. The van der Waals surface area contributed by atoms with Gasteiger partial charge in [0.05, 0.1) is 5.52 Å². The molecule has 0 saturated carbocycles. The molecular formula is C23H24N2O3. The number of aromatic nitrogens is 1. The summed E-state index contributed by atoms with van der Waals surface area (Å²) in [6.45, 7) is 5.73. The van der Waals surface area contributed by atoms with Crippen molar-refractivity contribution in [1.82, 2.24) is 10.3 Å². The van der Waals surface area contributed by atoms with E-state index in [9.17, 15) is 9.59 Å². The monoisotopic (exact) mass is 376 g/mol. The molecule has 3 aromatic rings. The number of esters is 1. The van der Waals surface area contributed by atoms with Crippen LogP contribution in [0.15, 0.2) is 60.8 Å². The minimum atomic E-state index is -0.727. The number of amides is 1. The standard InChI is InChI=1S/C23H24N2O3/c1-15(2)20(25-22(26)19-12-5-4-8-16(19)3)23(27)28-14-18-10-6-9-17-11-7-13-24-21(17)18/h4-13,15,20H,14H2,1-3H3,(H,25,26)/t20-/m0/s1. The van der Waals surface area contributed by atoms with Gasteiger partial charge in [0.1, 0.15) is 12.6 Å². The Balaban J connectivity index is 1.71. The van der Waals surface area contributed by atoms with Gasteiger partial charge in [0, 0.05) is 22.7 Å². The molecule has 1 aromatic heterocycles. The summed E-state index contributed by atoms with van der Waals surface area (Å²) in [7, 11) is 0. The van der Waals surface area contributed by atoms with E-state index in [4.69, 9.17) is 4.74 Å². The molecule has 3 rings (SSSR count). The fourth-order valence-electron chi connectivity index (χ4n) is 3.07. The van der Waals surface area contributed by atoms with Crippen molar-refractivity contribution in [2.75, 3.05) is 0 Å². The number of aryl methyl sites for hydroxylation is 1. The van der Waals surface area contributed by atoms with Crippen molar-refractivity contribution < 1.29 is 14.3 Å². The Labute approximate surface area is 164 Å². The van der Waals surface area contributed by atoms with Crippen LogP contribution in [0.1, 0.15) is 35.3 Å². The summed E-state index contributed by atoms with van der Waals surface area (Å²) >= 11 is 0. The Hall–Kier alpha value is -3.21. The second-order valence-corrected chi connectivity index (χ2v) is 7.11. The second-order valence-electron chi connectivity index (χ2n) is 7.11. The highest BCUT2D eigenvalue weighted by Gasteiger charge is 2.26. The smallest absolute Gasteiger partial charge is 0.329 e. The maximum absolute atomic E-state index is 12.7. The third kappa shape index (κ3) is 4.36. The lowest BCUT2D eigenvalue weighted by molar-refractivity contribution is -0.148. The Kier molecular flexibility index (Phi) is 6.04. The van der Waals surface area contributed by atoms with Crippen LogP contribution in [0.2, 0.25) is 0 Å². The summed E-state index contributed by atoms with van der Waals surface area (Å²) in [6.07, 6.45) is 1.72. The van der Waals surface area contributed by atoms with Crippen molar-refractivity contribution in [3.8, 4) is 0 Å². The first kappa shape index (κ1) is 19.5. The molecule has 5 heteroatoms.